The first kappa shape index (κ1) is 28.0. The van der Waals surface area contributed by atoms with Crippen molar-refractivity contribution < 1.29 is 22.8 Å². The van der Waals surface area contributed by atoms with Gasteiger partial charge in [-0.3, -0.25) is 18.7 Å². The molecule has 0 aliphatic heterocycles. The normalized spacial score (nSPS) is 12.2. The number of carbonyl (C=O) groups excluding carboxylic acids is 3. The number of anilines is 1. The maximum atomic E-state index is 13.7. The Morgan fingerprint density at radius 3 is 2.23 bits per heavy atom. The van der Waals surface area contributed by atoms with E-state index in [1.165, 1.54) is 24.0 Å². The molecule has 190 valence electrons. The van der Waals surface area contributed by atoms with Crippen molar-refractivity contribution in [3.05, 3.63) is 65.2 Å². The second-order valence-electron chi connectivity index (χ2n) is 8.91. The molecule has 2 amide bonds. The minimum absolute atomic E-state index is 0.117. The van der Waals surface area contributed by atoms with Crippen molar-refractivity contribution in [2.45, 2.75) is 59.7 Å². The molecule has 0 bridgehead atoms. The molecule has 0 aliphatic rings. The van der Waals surface area contributed by atoms with E-state index in [0.717, 1.165) is 21.7 Å². The van der Waals surface area contributed by atoms with E-state index >= 15 is 0 Å². The van der Waals surface area contributed by atoms with Crippen molar-refractivity contribution >= 4 is 33.3 Å². The summed E-state index contributed by atoms with van der Waals surface area (Å²) < 4.78 is 26.4. The van der Waals surface area contributed by atoms with Crippen molar-refractivity contribution in [1.29, 1.82) is 0 Å². The van der Waals surface area contributed by atoms with E-state index in [0.29, 0.717) is 12.0 Å². The van der Waals surface area contributed by atoms with Gasteiger partial charge in [0.15, 0.2) is 5.78 Å². The van der Waals surface area contributed by atoms with Crippen molar-refractivity contribution in [2.24, 2.45) is 0 Å². The maximum absolute atomic E-state index is 13.7. The third-order valence-corrected chi connectivity index (χ3v) is 6.78. The molecule has 1 N–H and O–H groups in total. The number of ketones is 1. The van der Waals surface area contributed by atoms with Crippen molar-refractivity contribution in [1.82, 2.24) is 10.2 Å². The molecule has 0 fully saturated rings. The summed E-state index contributed by atoms with van der Waals surface area (Å²) in [6.07, 6.45) is 1.37. The van der Waals surface area contributed by atoms with Crippen LogP contribution in [0.1, 0.15) is 55.6 Å². The Labute approximate surface area is 208 Å². The van der Waals surface area contributed by atoms with E-state index < -0.39 is 28.5 Å². The molecular formula is C26H35N3O5S. The van der Waals surface area contributed by atoms with Gasteiger partial charge in [-0.15, -0.1) is 0 Å². The van der Waals surface area contributed by atoms with Gasteiger partial charge in [0, 0.05) is 18.2 Å². The van der Waals surface area contributed by atoms with Crippen LogP contribution in [-0.4, -0.2) is 55.8 Å². The Hall–Kier alpha value is -3.20. The number of benzene rings is 2. The summed E-state index contributed by atoms with van der Waals surface area (Å²) in [5.41, 5.74) is 2.37. The average Bonchev–Trinajstić information content (AvgIpc) is 2.77. The predicted molar refractivity (Wildman–Crippen MR) is 138 cm³/mol. The second-order valence-corrected chi connectivity index (χ2v) is 10.8. The van der Waals surface area contributed by atoms with Gasteiger partial charge in [0.25, 0.3) is 0 Å². The first-order chi connectivity index (χ1) is 16.3. The summed E-state index contributed by atoms with van der Waals surface area (Å²) in [5.74, 6) is -1.03. The monoisotopic (exact) mass is 501 g/mol. The Kier molecular flexibility index (Phi) is 9.59. The zero-order valence-corrected chi connectivity index (χ0v) is 22.1. The summed E-state index contributed by atoms with van der Waals surface area (Å²) >= 11 is 0. The number of carbonyl (C=O) groups is 3. The lowest BCUT2D eigenvalue weighted by molar-refractivity contribution is -0.140. The maximum Gasteiger partial charge on any atom is 0.244 e. The second kappa shape index (κ2) is 12.0. The fraction of sp³-hybridized carbons (Fsp3) is 0.423. The number of Topliss-reactive ketones (excluding diaryl/α,β-unsaturated/α-hetero) is 1. The molecule has 8 nitrogen and oxygen atoms in total. The van der Waals surface area contributed by atoms with Gasteiger partial charge in [-0.2, -0.15) is 0 Å². The quantitative estimate of drug-likeness (QED) is 0.476. The summed E-state index contributed by atoms with van der Waals surface area (Å²) in [7, 11) is -3.87. The molecule has 35 heavy (non-hydrogen) atoms. The molecule has 0 heterocycles. The molecule has 1 atom stereocenters. The van der Waals surface area contributed by atoms with Crippen LogP contribution in [-0.2, 0) is 26.2 Å². The number of hydrogen-bond donors (Lipinski definition) is 1. The van der Waals surface area contributed by atoms with Gasteiger partial charge in [-0.05, 0) is 57.4 Å². The minimum Gasteiger partial charge on any atom is -0.352 e. The van der Waals surface area contributed by atoms with Crippen LogP contribution in [0.3, 0.4) is 0 Å². The highest BCUT2D eigenvalue weighted by molar-refractivity contribution is 7.92. The largest absolute Gasteiger partial charge is 0.352 e. The van der Waals surface area contributed by atoms with Crippen LogP contribution in [0, 0.1) is 6.92 Å². The first-order valence-corrected chi connectivity index (χ1v) is 13.4. The number of amides is 2. The van der Waals surface area contributed by atoms with E-state index in [1.807, 2.05) is 52.0 Å². The van der Waals surface area contributed by atoms with Crippen LogP contribution in [0.25, 0.3) is 0 Å². The Balaban J connectivity index is 2.49. The van der Waals surface area contributed by atoms with Gasteiger partial charge < -0.3 is 10.2 Å². The van der Waals surface area contributed by atoms with Crippen LogP contribution in [0.2, 0.25) is 0 Å². The van der Waals surface area contributed by atoms with Gasteiger partial charge in [-0.25, -0.2) is 8.42 Å². The van der Waals surface area contributed by atoms with Gasteiger partial charge in [0.05, 0.1) is 11.9 Å². The van der Waals surface area contributed by atoms with Crippen molar-refractivity contribution in [2.75, 3.05) is 17.1 Å². The summed E-state index contributed by atoms with van der Waals surface area (Å²) in [6.45, 7) is 8.45. The molecule has 2 aromatic carbocycles. The standard InChI is InChI=1S/C26H35N3O5S/c1-7-24(26(32)27-18(2)3)28(16-22-12-9-8-11-19(22)4)25(31)17-29(35(6,33)34)23-14-10-13-21(15-23)20(5)30/h8-15,18,24H,7,16-17H2,1-6H3,(H,27,32). The number of aryl methyl sites for hydroxylation is 1. The van der Waals surface area contributed by atoms with Crippen LogP contribution in [0.5, 0.6) is 0 Å². The van der Waals surface area contributed by atoms with E-state index in [-0.39, 0.29) is 30.0 Å². The highest BCUT2D eigenvalue weighted by Gasteiger charge is 2.32. The lowest BCUT2D eigenvalue weighted by atomic mass is 10.1. The molecule has 9 heteroatoms. The highest BCUT2D eigenvalue weighted by Crippen LogP contribution is 2.22. The number of nitrogens with zero attached hydrogens (tertiary/aromatic N) is 2. The SMILES string of the molecule is CCC(C(=O)NC(C)C)N(Cc1ccccc1C)C(=O)CN(c1cccc(C(C)=O)c1)S(C)(=O)=O. The molecular weight excluding hydrogens is 466 g/mol. The molecule has 1 unspecified atom stereocenters. The predicted octanol–water partition coefficient (Wildman–Crippen LogP) is 3.30. The fourth-order valence-corrected chi connectivity index (χ4v) is 4.61. The fourth-order valence-electron chi connectivity index (χ4n) is 3.76. The average molecular weight is 502 g/mol. The Morgan fingerprint density at radius 1 is 1.03 bits per heavy atom. The molecule has 0 aliphatic carbocycles. The lowest BCUT2D eigenvalue weighted by Gasteiger charge is -2.33. The van der Waals surface area contributed by atoms with E-state index in [4.69, 9.17) is 0 Å². The van der Waals surface area contributed by atoms with E-state index in [1.54, 1.807) is 12.1 Å². The molecule has 0 radical (unpaired) electrons. The number of sulfonamides is 1. The minimum atomic E-state index is -3.87. The van der Waals surface area contributed by atoms with Crippen LogP contribution < -0.4 is 9.62 Å². The van der Waals surface area contributed by atoms with Gasteiger partial charge in [0.1, 0.15) is 12.6 Å². The van der Waals surface area contributed by atoms with Crippen molar-refractivity contribution in [3.63, 3.8) is 0 Å². The lowest BCUT2D eigenvalue weighted by Crippen LogP contribution is -2.53. The highest BCUT2D eigenvalue weighted by atomic mass is 32.2. The topological polar surface area (TPSA) is 104 Å². The molecule has 0 saturated heterocycles. The van der Waals surface area contributed by atoms with Gasteiger partial charge in [-0.1, -0.05) is 43.3 Å². The Morgan fingerprint density at radius 2 is 1.69 bits per heavy atom. The number of nitrogens with one attached hydrogen (secondary N) is 1. The zero-order chi connectivity index (χ0) is 26.3. The van der Waals surface area contributed by atoms with E-state index in [9.17, 15) is 22.8 Å². The van der Waals surface area contributed by atoms with E-state index in [2.05, 4.69) is 5.32 Å². The number of rotatable bonds is 11. The molecule has 0 aromatic heterocycles. The molecule has 0 saturated carbocycles. The summed E-state index contributed by atoms with van der Waals surface area (Å²) in [6, 6.07) is 12.8. The van der Waals surface area contributed by atoms with Gasteiger partial charge >= 0.3 is 0 Å². The molecule has 2 aromatic rings. The number of hydrogen-bond acceptors (Lipinski definition) is 5. The van der Waals surface area contributed by atoms with Crippen LogP contribution in [0.4, 0.5) is 5.69 Å². The third-order valence-electron chi connectivity index (χ3n) is 5.64. The Bertz CT molecular complexity index is 1180. The zero-order valence-electron chi connectivity index (χ0n) is 21.2. The third kappa shape index (κ3) is 7.65. The smallest absolute Gasteiger partial charge is 0.244 e. The first-order valence-electron chi connectivity index (χ1n) is 11.6. The summed E-state index contributed by atoms with van der Waals surface area (Å²) in [4.78, 5) is 40.0. The molecule has 2 rings (SSSR count). The molecule has 0 spiro atoms. The van der Waals surface area contributed by atoms with Crippen molar-refractivity contribution in [3.8, 4) is 0 Å². The van der Waals surface area contributed by atoms with Crippen LogP contribution >= 0.6 is 0 Å². The summed E-state index contributed by atoms with van der Waals surface area (Å²) in [5, 5.41) is 2.86. The van der Waals surface area contributed by atoms with Crippen LogP contribution in [0.15, 0.2) is 48.5 Å². The van der Waals surface area contributed by atoms with Gasteiger partial charge in [0.2, 0.25) is 21.8 Å².